The van der Waals surface area contributed by atoms with Crippen molar-refractivity contribution < 1.29 is 14.6 Å². The van der Waals surface area contributed by atoms with Crippen molar-refractivity contribution in [2.24, 2.45) is 0 Å². The van der Waals surface area contributed by atoms with Crippen molar-refractivity contribution >= 4 is 28.1 Å². The van der Waals surface area contributed by atoms with Crippen LogP contribution in [0.3, 0.4) is 0 Å². The van der Waals surface area contributed by atoms with Crippen molar-refractivity contribution in [1.82, 2.24) is 0 Å². The van der Waals surface area contributed by atoms with Crippen molar-refractivity contribution in [2.45, 2.75) is 32.2 Å². The molecule has 2 aromatic carbocycles. The summed E-state index contributed by atoms with van der Waals surface area (Å²) in [6.45, 7) is 7.57. The van der Waals surface area contributed by atoms with Crippen molar-refractivity contribution in [3.63, 3.8) is 0 Å². The molecule has 4 nitrogen and oxygen atoms in total. The number of nitrogens with zero attached hydrogens (tertiary/aromatic N) is 1. The lowest BCUT2D eigenvalue weighted by atomic mass is 9.94. The Labute approximate surface area is 140 Å². The van der Waals surface area contributed by atoms with Gasteiger partial charge < -0.3 is 19.5 Å². The summed E-state index contributed by atoms with van der Waals surface area (Å²) in [5, 5.41) is 12.3. The van der Waals surface area contributed by atoms with Gasteiger partial charge in [-0.15, -0.1) is 11.6 Å². The third-order valence-electron chi connectivity index (χ3n) is 4.73. The number of hydrogen-bond acceptors (Lipinski definition) is 4. The Morgan fingerprint density at radius 1 is 1.30 bits per heavy atom. The Morgan fingerprint density at radius 3 is 2.78 bits per heavy atom. The van der Waals surface area contributed by atoms with Crippen LogP contribution in [0.1, 0.15) is 32.3 Å². The standard InChI is InChI=1S/C18H20ClNO3/c1-18(2,3)20-8-10(7-19)15-12(20)6-13(21)11-4-5-14-17(16(11)15)23-9-22-14/h4-6,10,21H,7-9H2,1-3H3. The Bertz CT molecular complexity index is 797. The minimum absolute atomic E-state index is 0.0506. The molecule has 2 aliphatic heterocycles. The summed E-state index contributed by atoms with van der Waals surface area (Å²) in [6.07, 6.45) is 0. The van der Waals surface area contributed by atoms with E-state index in [2.05, 4.69) is 25.7 Å². The van der Waals surface area contributed by atoms with Crippen LogP contribution in [-0.2, 0) is 0 Å². The highest BCUT2D eigenvalue weighted by molar-refractivity contribution is 6.19. The molecule has 0 radical (unpaired) electrons. The molecule has 0 aromatic heterocycles. The first-order chi connectivity index (χ1) is 10.9. The number of phenols is 1. The third kappa shape index (κ3) is 2.04. The minimum atomic E-state index is -0.0506. The van der Waals surface area contributed by atoms with Crippen LogP contribution in [0.15, 0.2) is 18.2 Å². The van der Waals surface area contributed by atoms with E-state index in [9.17, 15) is 5.11 Å². The van der Waals surface area contributed by atoms with E-state index in [0.717, 1.165) is 40.1 Å². The van der Waals surface area contributed by atoms with E-state index >= 15 is 0 Å². The number of phenolic OH excluding ortho intramolecular Hbond substituents is 1. The molecule has 0 aliphatic carbocycles. The number of fused-ring (bicyclic) bond motifs is 5. The molecular formula is C18H20ClNO3. The number of alkyl halides is 1. The van der Waals surface area contributed by atoms with Gasteiger partial charge in [-0.05, 0) is 38.5 Å². The molecule has 1 unspecified atom stereocenters. The largest absolute Gasteiger partial charge is 0.507 e. The maximum absolute atomic E-state index is 10.6. The summed E-state index contributed by atoms with van der Waals surface area (Å²) < 4.78 is 11.2. The SMILES string of the molecule is CC(C)(C)N1CC(CCl)c2c1cc(O)c1ccc3c(c21)OCO3. The second-order valence-corrected chi connectivity index (χ2v) is 7.49. The molecule has 1 N–H and O–H groups in total. The summed E-state index contributed by atoms with van der Waals surface area (Å²) in [6, 6.07) is 5.60. The van der Waals surface area contributed by atoms with E-state index in [1.807, 2.05) is 18.2 Å². The van der Waals surface area contributed by atoms with Crippen LogP contribution in [-0.4, -0.2) is 29.9 Å². The molecule has 0 saturated carbocycles. The Hall–Kier alpha value is -1.81. The van der Waals surface area contributed by atoms with Crippen LogP contribution in [0, 0.1) is 0 Å². The summed E-state index contributed by atoms with van der Waals surface area (Å²) in [7, 11) is 0. The van der Waals surface area contributed by atoms with Crippen LogP contribution < -0.4 is 14.4 Å². The molecule has 122 valence electrons. The van der Waals surface area contributed by atoms with Crippen molar-refractivity contribution in [3.8, 4) is 17.2 Å². The van der Waals surface area contributed by atoms with Crippen molar-refractivity contribution in [2.75, 3.05) is 24.1 Å². The fraction of sp³-hybridized carbons (Fsp3) is 0.444. The number of benzene rings is 2. The average Bonchev–Trinajstić information content (AvgIpc) is 3.09. The number of halogens is 1. The monoisotopic (exact) mass is 333 g/mol. The van der Waals surface area contributed by atoms with E-state index in [1.54, 1.807) is 0 Å². The number of ether oxygens (including phenoxy) is 2. The molecule has 0 saturated heterocycles. The van der Waals surface area contributed by atoms with Crippen LogP contribution in [0.4, 0.5) is 5.69 Å². The second kappa shape index (κ2) is 4.84. The average molecular weight is 334 g/mol. The van der Waals surface area contributed by atoms with Crippen LogP contribution in [0.5, 0.6) is 17.2 Å². The van der Waals surface area contributed by atoms with Gasteiger partial charge in [0.2, 0.25) is 6.79 Å². The smallest absolute Gasteiger partial charge is 0.231 e. The lowest BCUT2D eigenvalue weighted by Gasteiger charge is -2.35. The molecule has 5 heteroatoms. The summed E-state index contributed by atoms with van der Waals surface area (Å²) in [4.78, 5) is 2.31. The highest BCUT2D eigenvalue weighted by Gasteiger charge is 2.38. The first kappa shape index (κ1) is 14.8. The topological polar surface area (TPSA) is 41.9 Å². The summed E-state index contributed by atoms with van der Waals surface area (Å²) in [5.74, 6) is 2.45. The van der Waals surface area contributed by atoms with E-state index < -0.39 is 0 Å². The molecule has 2 aromatic rings. The van der Waals surface area contributed by atoms with E-state index in [-0.39, 0.29) is 24.0 Å². The summed E-state index contributed by atoms with van der Waals surface area (Å²) in [5.41, 5.74) is 2.15. The predicted molar refractivity (Wildman–Crippen MR) is 92.3 cm³/mol. The number of hydrogen-bond donors (Lipinski definition) is 1. The van der Waals surface area contributed by atoms with Gasteiger partial charge in [0.25, 0.3) is 0 Å². The molecule has 0 amide bonds. The number of aromatic hydroxyl groups is 1. The minimum Gasteiger partial charge on any atom is -0.507 e. The highest BCUT2D eigenvalue weighted by Crippen LogP contribution is 2.52. The molecule has 23 heavy (non-hydrogen) atoms. The fourth-order valence-corrected chi connectivity index (χ4v) is 3.93. The van der Waals surface area contributed by atoms with Gasteiger partial charge in [-0.3, -0.25) is 0 Å². The molecule has 2 aliphatic rings. The summed E-state index contributed by atoms with van der Waals surface area (Å²) >= 11 is 6.28. The van der Waals surface area contributed by atoms with Crippen LogP contribution in [0.2, 0.25) is 0 Å². The van der Waals surface area contributed by atoms with Gasteiger partial charge in [-0.1, -0.05) is 0 Å². The molecule has 0 fully saturated rings. The van der Waals surface area contributed by atoms with Crippen molar-refractivity contribution in [3.05, 3.63) is 23.8 Å². The zero-order valence-electron chi connectivity index (χ0n) is 13.5. The Kier molecular flexibility index (Phi) is 3.11. The lowest BCUT2D eigenvalue weighted by Crippen LogP contribution is -2.40. The second-order valence-electron chi connectivity index (χ2n) is 7.18. The maximum Gasteiger partial charge on any atom is 0.231 e. The molecule has 4 rings (SSSR count). The lowest BCUT2D eigenvalue weighted by molar-refractivity contribution is 0.175. The highest BCUT2D eigenvalue weighted by atomic mass is 35.5. The van der Waals surface area contributed by atoms with Gasteiger partial charge in [0.1, 0.15) is 5.75 Å². The zero-order valence-corrected chi connectivity index (χ0v) is 14.3. The number of rotatable bonds is 1. The maximum atomic E-state index is 10.6. The molecule has 0 bridgehead atoms. The van der Waals surface area contributed by atoms with E-state index in [0.29, 0.717) is 5.88 Å². The first-order valence-electron chi connectivity index (χ1n) is 7.83. The Morgan fingerprint density at radius 2 is 2.09 bits per heavy atom. The zero-order chi connectivity index (χ0) is 16.4. The third-order valence-corrected chi connectivity index (χ3v) is 5.10. The molecular weight excluding hydrogens is 314 g/mol. The van der Waals surface area contributed by atoms with E-state index in [1.165, 1.54) is 0 Å². The quantitative estimate of drug-likeness (QED) is 0.794. The fourth-order valence-electron chi connectivity index (χ4n) is 3.67. The molecule has 1 atom stereocenters. The first-order valence-corrected chi connectivity index (χ1v) is 8.37. The molecule has 0 spiro atoms. The van der Waals surface area contributed by atoms with Gasteiger partial charge in [-0.25, -0.2) is 0 Å². The molecule has 2 heterocycles. The van der Waals surface area contributed by atoms with Gasteiger partial charge in [-0.2, -0.15) is 0 Å². The van der Waals surface area contributed by atoms with Gasteiger partial charge >= 0.3 is 0 Å². The van der Waals surface area contributed by atoms with Gasteiger partial charge in [0.05, 0.1) is 0 Å². The van der Waals surface area contributed by atoms with Crippen LogP contribution in [0.25, 0.3) is 10.8 Å². The predicted octanol–water partition coefficient (Wildman–Crippen LogP) is 4.22. The van der Waals surface area contributed by atoms with Crippen molar-refractivity contribution in [1.29, 1.82) is 0 Å². The number of anilines is 1. The van der Waals surface area contributed by atoms with Gasteiger partial charge in [0, 0.05) is 46.4 Å². The van der Waals surface area contributed by atoms with Gasteiger partial charge in [0.15, 0.2) is 11.5 Å². The van der Waals surface area contributed by atoms with E-state index in [4.69, 9.17) is 21.1 Å². The Balaban J connectivity index is 2.08. The van der Waals surface area contributed by atoms with Crippen LogP contribution >= 0.6 is 11.6 Å². The normalized spacial score (nSPS) is 19.5.